The molecule has 6 nitrogen and oxygen atoms in total. The van der Waals surface area contributed by atoms with Gasteiger partial charge in [0.1, 0.15) is 5.75 Å². The second-order valence-corrected chi connectivity index (χ2v) is 8.09. The summed E-state index contributed by atoms with van der Waals surface area (Å²) in [6, 6.07) is 15.0. The number of carbonyl (C=O) groups excluding carboxylic acids is 1. The molecule has 1 saturated heterocycles. The van der Waals surface area contributed by atoms with Crippen LogP contribution in [-0.4, -0.2) is 39.9 Å². The normalized spacial score (nSPS) is 14.9. The van der Waals surface area contributed by atoms with Crippen molar-refractivity contribution in [1.29, 1.82) is 0 Å². The van der Waals surface area contributed by atoms with E-state index in [1.54, 1.807) is 4.40 Å². The molecule has 7 heteroatoms. The number of benzene rings is 2. The van der Waals surface area contributed by atoms with Gasteiger partial charge in [-0.05, 0) is 48.7 Å². The number of para-hydroxylation sites is 2. The van der Waals surface area contributed by atoms with E-state index < -0.39 is 0 Å². The van der Waals surface area contributed by atoms with Gasteiger partial charge < -0.3 is 9.64 Å². The highest BCUT2D eigenvalue weighted by Gasteiger charge is 2.18. The van der Waals surface area contributed by atoms with Gasteiger partial charge in [0, 0.05) is 13.1 Å². The molecule has 1 aliphatic heterocycles. The van der Waals surface area contributed by atoms with Crippen molar-refractivity contribution in [3.05, 3.63) is 69.0 Å². The highest BCUT2D eigenvalue weighted by atomic mass is 32.1. The summed E-state index contributed by atoms with van der Waals surface area (Å²) < 4.78 is 7.91. The number of carbonyl (C=O) groups is 1. The van der Waals surface area contributed by atoms with Crippen molar-refractivity contribution in [3.8, 4) is 5.75 Å². The maximum Gasteiger partial charge on any atom is 0.274 e. The lowest BCUT2D eigenvalue weighted by atomic mass is 10.2. The van der Waals surface area contributed by atoms with E-state index in [1.165, 1.54) is 11.3 Å². The molecule has 0 atom stereocenters. The number of aromatic nitrogens is 2. The van der Waals surface area contributed by atoms with Gasteiger partial charge in [0.15, 0.2) is 11.6 Å². The fourth-order valence-electron chi connectivity index (χ4n) is 3.63. The Labute approximate surface area is 170 Å². The first-order valence-electron chi connectivity index (χ1n) is 9.61. The van der Waals surface area contributed by atoms with Crippen LogP contribution in [0.2, 0.25) is 0 Å². The summed E-state index contributed by atoms with van der Waals surface area (Å²) in [7, 11) is 0. The SMILES string of the molecule is O=C(COc1ccc(C=c2sc3nc4ccccc4n3c2=O)cc1)N1CCCC1. The first kappa shape index (κ1) is 17.9. The molecule has 3 heterocycles. The third kappa shape index (κ3) is 3.38. The van der Waals surface area contributed by atoms with Gasteiger partial charge in [-0.3, -0.25) is 9.59 Å². The number of nitrogens with zero attached hydrogens (tertiary/aromatic N) is 3. The van der Waals surface area contributed by atoms with Crippen LogP contribution in [0, 0.1) is 0 Å². The Bertz CT molecular complexity index is 1300. The van der Waals surface area contributed by atoms with Crippen LogP contribution in [0.25, 0.3) is 22.1 Å². The number of hydrogen-bond donors (Lipinski definition) is 0. The van der Waals surface area contributed by atoms with Crippen molar-refractivity contribution in [2.75, 3.05) is 19.7 Å². The standard InChI is InChI=1S/C22H19N3O3S/c26-20(24-11-3-4-12-24)14-28-16-9-7-15(8-10-16)13-19-21(27)25-18-6-2-1-5-17(18)23-22(25)29-19/h1-2,5-10,13H,3-4,11-12,14H2. The van der Waals surface area contributed by atoms with Crippen molar-refractivity contribution in [1.82, 2.24) is 14.3 Å². The van der Waals surface area contributed by atoms with E-state index in [9.17, 15) is 9.59 Å². The molecule has 1 fully saturated rings. The largest absolute Gasteiger partial charge is 0.484 e. The molecule has 0 saturated carbocycles. The van der Waals surface area contributed by atoms with Gasteiger partial charge in [-0.15, -0.1) is 0 Å². The van der Waals surface area contributed by atoms with E-state index in [4.69, 9.17) is 4.74 Å². The first-order valence-corrected chi connectivity index (χ1v) is 10.4. The molecule has 4 aromatic rings. The van der Waals surface area contributed by atoms with E-state index in [1.807, 2.05) is 59.5 Å². The molecule has 146 valence electrons. The fourth-order valence-corrected chi connectivity index (χ4v) is 4.61. The second-order valence-electron chi connectivity index (χ2n) is 7.08. The number of fused-ring (bicyclic) bond motifs is 3. The lowest BCUT2D eigenvalue weighted by molar-refractivity contribution is -0.132. The van der Waals surface area contributed by atoms with Gasteiger partial charge in [0.2, 0.25) is 0 Å². The minimum Gasteiger partial charge on any atom is -0.484 e. The summed E-state index contributed by atoms with van der Waals surface area (Å²) in [4.78, 5) is 32.0. The molecule has 1 amide bonds. The van der Waals surface area contributed by atoms with Crippen LogP contribution in [0.3, 0.4) is 0 Å². The van der Waals surface area contributed by atoms with Crippen molar-refractivity contribution >= 4 is 39.3 Å². The number of imidazole rings is 1. The number of rotatable bonds is 4. The summed E-state index contributed by atoms with van der Waals surface area (Å²) in [5.74, 6) is 0.673. The van der Waals surface area contributed by atoms with Crippen molar-refractivity contribution < 1.29 is 9.53 Å². The van der Waals surface area contributed by atoms with Gasteiger partial charge in [-0.25, -0.2) is 9.38 Å². The summed E-state index contributed by atoms with van der Waals surface area (Å²) in [6.45, 7) is 1.71. The molecular formula is C22H19N3O3S. The Morgan fingerprint density at radius 3 is 2.66 bits per heavy atom. The predicted molar refractivity (Wildman–Crippen MR) is 113 cm³/mol. The molecule has 1 aliphatic rings. The molecule has 0 radical (unpaired) electrons. The van der Waals surface area contributed by atoms with Crippen LogP contribution < -0.4 is 14.8 Å². The lowest BCUT2D eigenvalue weighted by Gasteiger charge is -2.15. The molecular weight excluding hydrogens is 386 g/mol. The smallest absolute Gasteiger partial charge is 0.274 e. The molecule has 2 aromatic carbocycles. The van der Waals surface area contributed by atoms with Crippen LogP contribution in [0.5, 0.6) is 5.75 Å². The van der Waals surface area contributed by atoms with Crippen molar-refractivity contribution in [3.63, 3.8) is 0 Å². The zero-order valence-corrected chi connectivity index (χ0v) is 16.5. The zero-order chi connectivity index (χ0) is 19.8. The van der Waals surface area contributed by atoms with Crippen molar-refractivity contribution in [2.45, 2.75) is 12.8 Å². The first-order chi connectivity index (χ1) is 14.2. The maximum atomic E-state index is 12.8. The summed E-state index contributed by atoms with van der Waals surface area (Å²) >= 11 is 1.38. The Hall–Kier alpha value is -3.19. The molecule has 0 aliphatic carbocycles. The van der Waals surface area contributed by atoms with E-state index in [-0.39, 0.29) is 18.1 Å². The third-order valence-corrected chi connectivity index (χ3v) is 6.11. The molecule has 0 unspecified atom stereocenters. The van der Waals surface area contributed by atoms with E-state index in [0.29, 0.717) is 15.2 Å². The molecule has 0 N–H and O–H groups in total. The quantitative estimate of drug-likeness (QED) is 0.523. The number of thiazole rings is 1. The lowest BCUT2D eigenvalue weighted by Crippen LogP contribution is -2.32. The fraction of sp³-hybridized carbons (Fsp3) is 0.227. The van der Waals surface area contributed by atoms with Gasteiger partial charge in [0.05, 0.1) is 15.6 Å². The van der Waals surface area contributed by atoms with Gasteiger partial charge in [0.25, 0.3) is 11.5 Å². The predicted octanol–water partition coefficient (Wildman–Crippen LogP) is 2.46. The van der Waals surface area contributed by atoms with Gasteiger partial charge in [-0.2, -0.15) is 0 Å². The molecule has 2 aromatic heterocycles. The average molecular weight is 405 g/mol. The van der Waals surface area contributed by atoms with E-state index >= 15 is 0 Å². The van der Waals surface area contributed by atoms with Crippen LogP contribution in [0.15, 0.2) is 53.3 Å². The minimum atomic E-state index is -0.0600. The summed E-state index contributed by atoms with van der Waals surface area (Å²) in [5, 5.41) is 0. The van der Waals surface area contributed by atoms with Gasteiger partial charge in [-0.1, -0.05) is 35.6 Å². The number of ether oxygens (including phenoxy) is 1. The Morgan fingerprint density at radius 2 is 1.86 bits per heavy atom. The number of likely N-dealkylation sites (tertiary alicyclic amines) is 1. The van der Waals surface area contributed by atoms with E-state index in [0.717, 1.165) is 42.5 Å². The zero-order valence-electron chi connectivity index (χ0n) is 15.7. The molecule has 5 rings (SSSR count). The van der Waals surface area contributed by atoms with Crippen molar-refractivity contribution in [2.24, 2.45) is 0 Å². The highest BCUT2D eigenvalue weighted by molar-refractivity contribution is 7.15. The highest BCUT2D eigenvalue weighted by Crippen LogP contribution is 2.17. The monoisotopic (exact) mass is 405 g/mol. The minimum absolute atomic E-state index is 0.0308. The second kappa shape index (κ2) is 7.33. The molecule has 0 spiro atoms. The van der Waals surface area contributed by atoms with Gasteiger partial charge >= 0.3 is 0 Å². The molecule has 29 heavy (non-hydrogen) atoms. The maximum absolute atomic E-state index is 12.8. The Kier molecular flexibility index (Phi) is 4.52. The van der Waals surface area contributed by atoms with Crippen LogP contribution in [0.1, 0.15) is 18.4 Å². The van der Waals surface area contributed by atoms with E-state index in [2.05, 4.69) is 4.98 Å². The third-order valence-electron chi connectivity index (χ3n) is 5.14. The Balaban J connectivity index is 1.36. The average Bonchev–Trinajstić information content (AvgIpc) is 3.45. The summed E-state index contributed by atoms with van der Waals surface area (Å²) in [5.41, 5.74) is 2.49. The van der Waals surface area contributed by atoms with Crippen LogP contribution in [-0.2, 0) is 4.79 Å². The van der Waals surface area contributed by atoms with Crippen LogP contribution >= 0.6 is 11.3 Å². The topological polar surface area (TPSA) is 63.9 Å². The summed E-state index contributed by atoms with van der Waals surface area (Å²) in [6.07, 6.45) is 4.00. The van der Waals surface area contributed by atoms with Crippen LogP contribution in [0.4, 0.5) is 0 Å². The number of hydrogen-bond acceptors (Lipinski definition) is 5. The molecule has 0 bridgehead atoms. The number of amides is 1. The Morgan fingerprint density at radius 1 is 1.10 bits per heavy atom.